The number of hydrogen-bond donors (Lipinski definition) is 2. The molecule has 1 aliphatic carbocycles. The van der Waals surface area contributed by atoms with Crippen molar-refractivity contribution in [1.82, 2.24) is 15.5 Å². The molecule has 1 aliphatic rings. The molecule has 22 heavy (non-hydrogen) atoms. The normalized spacial score (nSPS) is 14.4. The Hall–Kier alpha value is -1.63. The Morgan fingerprint density at radius 3 is 2.82 bits per heavy atom. The van der Waals surface area contributed by atoms with E-state index in [-0.39, 0.29) is 42.5 Å². The molecule has 1 atom stereocenters. The molecule has 3 N–H and O–H groups in total. The Bertz CT molecular complexity index is 602. The van der Waals surface area contributed by atoms with E-state index in [9.17, 15) is 4.79 Å². The average molecular weight is 345 g/mol. The lowest BCUT2D eigenvalue weighted by Gasteiger charge is -2.14. The molecule has 120 valence electrons. The minimum absolute atomic E-state index is 0. The number of hydrogen-bond acceptors (Lipinski definition) is 5. The molecule has 0 aliphatic heterocycles. The second kappa shape index (κ2) is 8.12. The van der Waals surface area contributed by atoms with Crippen molar-refractivity contribution >= 4 is 30.7 Å². The van der Waals surface area contributed by atoms with Gasteiger partial charge in [-0.25, -0.2) is 0 Å². The van der Waals surface area contributed by atoms with Crippen molar-refractivity contribution in [1.29, 1.82) is 0 Å². The third kappa shape index (κ3) is 4.19. The minimum atomic E-state index is -0.244. The van der Waals surface area contributed by atoms with Gasteiger partial charge < -0.3 is 15.6 Å². The number of pyridine rings is 1. The number of carbonyl (C=O) groups is 1. The van der Waals surface area contributed by atoms with Crippen molar-refractivity contribution in [2.45, 2.75) is 18.9 Å². The highest BCUT2D eigenvalue weighted by Crippen LogP contribution is 2.32. The van der Waals surface area contributed by atoms with Gasteiger partial charge in [0.05, 0.1) is 0 Å². The highest BCUT2D eigenvalue weighted by atomic mass is 35.5. The predicted molar refractivity (Wildman–Crippen MR) is 87.3 cm³/mol. The van der Waals surface area contributed by atoms with Crippen molar-refractivity contribution in [3.05, 3.63) is 36.3 Å². The summed E-state index contributed by atoms with van der Waals surface area (Å²) in [6.45, 7) is 0.448. The van der Waals surface area contributed by atoms with Crippen LogP contribution < -0.4 is 11.1 Å². The van der Waals surface area contributed by atoms with E-state index in [4.69, 9.17) is 10.3 Å². The van der Waals surface area contributed by atoms with Gasteiger partial charge >= 0.3 is 0 Å². The van der Waals surface area contributed by atoms with Crippen LogP contribution in [0.25, 0.3) is 11.3 Å². The van der Waals surface area contributed by atoms with E-state index in [1.54, 1.807) is 24.5 Å². The maximum absolute atomic E-state index is 12.1. The van der Waals surface area contributed by atoms with Gasteiger partial charge in [0.2, 0.25) is 0 Å². The standard InChI is InChI=1S/C14H16N4O2.2ClH/c15-7-12(9-3-4-9)17-14(19)11-6-13(20-18-11)10-2-1-5-16-8-10;;/h1-2,5-6,8-9,12H,3-4,7,15H2,(H,17,19);2*1H. The average Bonchev–Trinajstić information content (AvgIpc) is 3.21. The maximum atomic E-state index is 12.1. The van der Waals surface area contributed by atoms with Crippen LogP contribution in [0.4, 0.5) is 0 Å². The largest absolute Gasteiger partial charge is 0.355 e. The van der Waals surface area contributed by atoms with Gasteiger partial charge in [-0.1, -0.05) is 5.16 Å². The smallest absolute Gasteiger partial charge is 0.273 e. The van der Waals surface area contributed by atoms with E-state index < -0.39 is 0 Å². The van der Waals surface area contributed by atoms with Gasteiger partial charge in [-0.3, -0.25) is 9.78 Å². The SMILES string of the molecule is Cl.Cl.NCC(NC(=O)c1cc(-c2cccnc2)on1)C1CC1. The molecule has 1 fully saturated rings. The first-order chi connectivity index (χ1) is 9.78. The Kier molecular flexibility index (Phi) is 6.80. The van der Waals surface area contributed by atoms with Crippen molar-refractivity contribution in [2.75, 3.05) is 6.54 Å². The van der Waals surface area contributed by atoms with Crippen LogP contribution in [0.2, 0.25) is 0 Å². The quantitative estimate of drug-likeness (QED) is 0.865. The number of amides is 1. The zero-order chi connectivity index (χ0) is 13.9. The molecule has 2 aromatic heterocycles. The van der Waals surface area contributed by atoms with Crippen LogP contribution in [-0.4, -0.2) is 28.6 Å². The van der Waals surface area contributed by atoms with E-state index in [1.807, 2.05) is 6.07 Å². The Morgan fingerprint density at radius 2 is 2.23 bits per heavy atom. The summed E-state index contributed by atoms with van der Waals surface area (Å²) in [6.07, 6.45) is 5.59. The summed E-state index contributed by atoms with van der Waals surface area (Å²) in [5, 5.41) is 6.71. The number of carbonyl (C=O) groups excluding carboxylic acids is 1. The molecule has 1 unspecified atom stereocenters. The van der Waals surface area contributed by atoms with Crippen LogP contribution in [0.15, 0.2) is 35.1 Å². The number of halogens is 2. The maximum Gasteiger partial charge on any atom is 0.273 e. The number of aromatic nitrogens is 2. The van der Waals surface area contributed by atoms with Crippen molar-refractivity contribution < 1.29 is 9.32 Å². The lowest BCUT2D eigenvalue weighted by molar-refractivity contribution is 0.0924. The van der Waals surface area contributed by atoms with E-state index in [0.29, 0.717) is 18.2 Å². The van der Waals surface area contributed by atoms with Crippen LogP contribution in [0.5, 0.6) is 0 Å². The fourth-order valence-corrected chi connectivity index (χ4v) is 2.14. The van der Waals surface area contributed by atoms with Crippen molar-refractivity contribution in [2.24, 2.45) is 11.7 Å². The van der Waals surface area contributed by atoms with Crippen LogP contribution in [0.3, 0.4) is 0 Å². The molecule has 1 saturated carbocycles. The van der Waals surface area contributed by atoms with Gasteiger partial charge in [0.1, 0.15) is 0 Å². The molecule has 0 spiro atoms. The van der Waals surface area contributed by atoms with Crippen LogP contribution in [0, 0.1) is 5.92 Å². The molecule has 3 rings (SSSR count). The monoisotopic (exact) mass is 344 g/mol. The molecule has 6 nitrogen and oxygen atoms in total. The first-order valence-electron chi connectivity index (χ1n) is 6.66. The van der Waals surface area contributed by atoms with Gasteiger partial charge in [-0.15, -0.1) is 24.8 Å². The molecule has 0 aromatic carbocycles. The second-order valence-corrected chi connectivity index (χ2v) is 4.97. The summed E-state index contributed by atoms with van der Waals surface area (Å²) in [4.78, 5) is 16.1. The lowest BCUT2D eigenvalue weighted by atomic mass is 10.1. The van der Waals surface area contributed by atoms with Gasteiger partial charge in [-0.05, 0) is 30.9 Å². The fraction of sp³-hybridized carbons (Fsp3) is 0.357. The van der Waals surface area contributed by atoms with E-state index in [1.165, 1.54) is 0 Å². The Balaban J connectivity index is 0.00000121. The van der Waals surface area contributed by atoms with Gasteiger partial charge in [-0.2, -0.15) is 0 Å². The molecule has 0 radical (unpaired) electrons. The first-order valence-corrected chi connectivity index (χ1v) is 6.66. The zero-order valence-electron chi connectivity index (χ0n) is 11.8. The van der Waals surface area contributed by atoms with Crippen LogP contribution in [-0.2, 0) is 0 Å². The molecule has 1 amide bonds. The summed E-state index contributed by atoms with van der Waals surface area (Å²) >= 11 is 0. The summed E-state index contributed by atoms with van der Waals surface area (Å²) in [7, 11) is 0. The molecule has 2 aromatic rings. The lowest BCUT2D eigenvalue weighted by Crippen LogP contribution is -2.41. The van der Waals surface area contributed by atoms with E-state index in [2.05, 4.69) is 15.5 Å². The third-order valence-corrected chi connectivity index (χ3v) is 3.45. The van der Waals surface area contributed by atoms with Gasteiger partial charge in [0.25, 0.3) is 5.91 Å². The minimum Gasteiger partial charge on any atom is -0.355 e. The number of nitrogens with two attached hydrogens (primary N) is 1. The number of nitrogens with one attached hydrogen (secondary N) is 1. The molecule has 8 heteroatoms. The Morgan fingerprint density at radius 1 is 1.45 bits per heavy atom. The van der Waals surface area contributed by atoms with Crippen LogP contribution >= 0.6 is 24.8 Å². The topological polar surface area (TPSA) is 94.0 Å². The fourth-order valence-electron chi connectivity index (χ4n) is 2.14. The Labute approximate surface area is 140 Å². The molecule has 0 saturated heterocycles. The highest BCUT2D eigenvalue weighted by Gasteiger charge is 2.31. The second-order valence-electron chi connectivity index (χ2n) is 4.97. The predicted octanol–water partition coefficient (Wildman–Crippen LogP) is 2.05. The van der Waals surface area contributed by atoms with E-state index >= 15 is 0 Å². The van der Waals surface area contributed by atoms with Crippen molar-refractivity contribution in [3.63, 3.8) is 0 Å². The third-order valence-electron chi connectivity index (χ3n) is 3.45. The number of nitrogens with zero attached hydrogens (tertiary/aromatic N) is 2. The highest BCUT2D eigenvalue weighted by molar-refractivity contribution is 5.93. The van der Waals surface area contributed by atoms with Crippen molar-refractivity contribution in [3.8, 4) is 11.3 Å². The van der Waals surface area contributed by atoms with E-state index in [0.717, 1.165) is 18.4 Å². The number of rotatable bonds is 5. The molecule has 0 bridgehead atoms. The molecular formula is C14H18Cl2N4O2. The first kappa shape index (κ1) is 18.4. The zero-order valence-corrected chi connectivity index (χ0v) is 13.4. The summed E-state index contributed by atoms with van der Waals surface area (Å²) in [5.74, 6) is 0.791. The van der Waals surface area contributed by atoms with Gasteiger partial charge in [0, 0.05) is 36.6 Å². The summed E-state index contributed by atoms with van der Waals surface area (Å²) in [6, 6.07) is 5.30. The summed E-state index contributed by atoms with van der Waals surface area (Å²) in [5.41, 5.74) is 6.72. The summed E-state index contributed by atoms with van der Waals surface area (Å²) < 4.78 is 5.18. The molecular weight excluding hydrogens is 327 g/mol. The van der Waals surface area contributed by atoms with Gasteiger partial charge in [0.15, 0.2) is 11.5 Å². The molecule has 2 heterocycles. The van der Waals surface area contributed by atoms with Crippen LogP contribution in [0.1, 0.15) is 23.3 Å².